The van der Waals surface area contributed by atoms with Crippen LogP contribution in [0.25, 0.3) is 0 Å². The van der Waals surface area contributed by atoms with Gasteiger partial charge in [-0.05, 0) is 126 Å². The Balaban J connectivity index is 0.000000248. The zero-order valence-electron chi connectivity index (χ0n) is 34.3. The third kappa shape index (κ3) is 19.0. The third-order valence-electron chi connectivity index (χ3n) is 11.0. The van der Waals surface area contributed by atoms with E-state index in [1.54, 1.807) is 18.2 Å². The maximum atomic E-state index is 11.4. The summed E-state index contributed by atoms with van der Waals surface area (Å²) in [6, 6.07) is 11.9. The van der Waals surface area contributed by atoms with E-state index in [0.29, 0.717) is 44.8 Å². The Morgan fingerprint density at radius 1 is 0.705 bits per heavy atom. The summed E-state index contributed by atoms with van der Waals surface area (Å²) in [5.41, 5.74) is 3.89. The molecule has 0 spiro atoms. The van der Waals surface area contributed by atoms with E-state index < -0.39 is 0 Å². The van der Waals surface area contributed by atoms with Gasteiger partial charge in [0, 0.05) is 74.3 Å². The molecule has 4 heterocycles. The van der Waals surface area contributed by atoms with Gasteiger partial charge >= 0.3 is 50.5 Å². The topological polar surface area (TPSA) is 175 Å². The first-order chi connectivity index (χ1) is 29.4. The maximum Gasteiger partial charge on any atom is 0.224 e. The van der Waals surface area contributed by atoms with E-state index in [1.165, 1.54) is 83.5 Å². The fourth-order valence-corrected chi connectivity index (χ4v) is 7.90. The number of fused-ring (bicyclic) bond motifs is 2. The smallest absolute Gasteiger partial charge is 0.224 e. The number of anilines is 2. The summed E-state index contributed by atoms with van der Waals surface area (Å²) in [4.78, 5) is 22.4. The predicted octanol–water partition coefficient (Wildman–Crippen LogP) is 8.84. The van der Waals surface area contributed by atoms with Crippen LogP contribution in [0, 0.1) is 0 Å². The van der Waals surface area contributed by atoms with Gasteiger partial charge in [-0.2, -0.15) is 0 Å². The second kappa shape index (κ2) is 31.6. The average molecular weight is 1410 g/mol. The number of unbranched alkanes of at least 4 members (excludes halogenated alkanes) is 3. The molecule has 0 saturated heterocycles. The number of halogens is 5. The zero-order chi connectivity index (χ0) is 43.0. The largest absolute Gasteiger partial charge is 0.508 e. The summed E-state index contributed by atoms with van der Waals surface area (Å²) >= 11 is 9.54. The number of benzene rings is 2. The van der Waals surface area contributed by atoms with Gasteiger partial charge in [-0.3, -0.25) is 9.59 Å². The molecule has 14 nitrogen and oxygen atoms in total. The SMILES string of the molecule is C.CCCCCc1nnnn1C1CCCCC1.II.I[I-]I.O=C1CCc2cc(O)ccc2N1.O=C1CCc2cc(OCCCCc3nnnn3C3CCCCC3)ccc2N1. The van der Waals surface area contributed by atoms with Crippen LogP contribution in [0.1, 0.15) is 158 Å². The number of phenolic OH excluding ortho intramolecular Hbond substituents is 1. The van der Waals surface area contributed by atoms with Crippen molar-refractivity contribution in [2.75, 3.05) is 17.2 Å². The molecule has 2 aromatic heterocycles. The molecule has 8 rings (SSSR count). The van der Waals surface area contributed by atoms with E-state index >= 15 is 0 Å². The van der Waals surface area contributed by atoms with E-state index in [-0.39, 0.29) is 25.0 Å². The molecule has 0 unspecified atom stereocenters. The van der Waals surface area contributed by atoms with Crippen LogP contribution in [0.5, 0.6) is 11.5 Å². The molecule has 0 radical (unpaired) electrons. The number of aryl methyl sites for hydroxylation is 4. The van der Waals surface area contributed by atoms with Gasteiger partial charge < -0.3 is 20.5 Å². The van der Waals surface area contributed by atoms with Crippen LogP contribution in [0.4, 0.5) is 11.4 Å². The molecule has 2 aromatic carbocycles. The molecule has 61 heavy (non-hydrogen) atoms. The van der Waals surface area contributed by atoms with Gasteiger partial charge in [-0.15, -0.1) is 10.2 Å². The molecular formula is C42H62I5N10O4-. The molecule has 2 aliphatic carbocycles. The molecule has 340 valence electrons. The summed E-state index contributed by atoms with van der Waals surface area (Å²) in [6.07, 6.45) is 23.0. The fraction of sp³-hybridized carbons (Fsp3) is 0.619. The van der Waals surface area contributed by atoms with Gasteiger partial charge in [0.1, 0.15) is 11.5 Å². The first-order valence-electron chi connectivity index (χ1n) is 21.1. The summed E-state index contributed by atoms with van der Waals surface area (Å²) in [6.45, 7) is 2.90. The van der Waals surface area contributed by atoms with Crippen LogP contribution in [0.3, 0.4) is 0 Å². The summed E-state index contributed by atoms with van der Waals surface area (Å²) < 4.78 is 10.0. The first kappa shape index (κ1) is 54.1. The Hall–Kier alpha value is -1.23. The number of rotatable bonds is 12. The standard InChI is InChI=1S/C20H27N5O2.C12H22N4.C9H9NO2.CH4.I3.I2/c26-20-12-9-15-14-17(10-11-18(15)21-20)27-13-5-4-8-19-22-23-24-25(19)16-6-2-1-3-7-16;1-2-3-5-10-12-13-14-15-16(12)11-8-6-4-7-9-11;11-7-2-3-8-6(5-7)1-4-9(12)10-8;;1-3-2;1-2/h10-11,14,16H,1-9,12-13H2,(H,21,26);11H,2-10H2,1H3;2-3,5,11H,1,4H2,(H,10,12);1H4;;/q;;;;-1;. The number of aromatic hydroxyl groups is 1. The first-order valence-corrected chi connectivity index (χ1v) is 40.0. The van der Waals surface area contributed by atoms with E-state index in [1.807, 2.05) is 18.2 Å². The van der Waals surface area contributed by atoms with Crippen molar-refractivity contribution >= 4 is 97.7 Å². The minimum atomic E-state index is 0. The monoisotopic (exact) mass is 1410 g/mol. The zero-order valence-corrected chi connectivity index (χ0v) is 45.1. The number of phenols is 1. The van der Waals surface area contributed by atoms with E-state index in [0.717, 1.165) is 78.4 Å². The Bertz CT molecular complexity index is 1850. The Morgan fingerprint density at radius 2 is 1.18 bits per heavy atom. The summed E-state index contributed by atoms with van der Waals surface area (Å²) in [5.74, 6) is 3.37. The number of nitrogens with zero attached hydrogens (tertiary/aromatic N) is 8. The molecule has 0 atom stereocenters. The van der Waals surface area contributed by atoms with E-state index in [2.05, 4.69) is 132 Å². The van der Waals surface area contributed by atoms with Gasteiger partial charge in [0.25, 0.3) is 0 Å². The molecule has 3 N–H and O–H groups in total. The van der Waals surface area contributed by atoms with Crippen molar-refractivity contribution in [1.82, 2.24) is 40.4 Å². The van der Waals surface area contributed by atoms with Gasteiger partial charge in [-0.25, -0.2) is 9.36 Å². The van der Waals surface area contributed by atoms with Crippen LogP contribution in [-0.4, -0.2) is 63.9 Å². The summed E-state index contributed by atoms with van der Waals surface area (Å²) in [7, 11) is 0. The van der Waals surface area contributed by atoms with Crippen LogP contribution in [0.15, 0.2) is 36.4 Å². The second-order valence-corrected chi connectivity index (χ2v) is 31.5. The number of amides is 2. The second-order valence-electron chi connectivity index (χ2n) is 15.2. The van der Waals surface area contributed by atoms with Crippen molar-refractivity contribution in [3.63, 3.8) is 0 Å². The number of carbonyl (C=O) groups is 2. The normalized spacial score (nSPS) is 15.8. The van der Waals surface area contributed by atoms with Crippen molar-refractivity contribution in [2.24, 2.45) is 0 Å². The molecule has 19 heteroatoms. The van der Waals surface area contributed by atoms with E-state index in [9.17, 15) is 9.59 Å². The number of tetrazole rings is 2. The molecule has 2 amide bonds. The molecule has 0 bridgehead atoms. The van der Waals surface area contributed by atoms with E-state index in [4.69, 9.17) is 9.84 Å². The Morgan fingerprint density at radius 3 is 1.69 bits per heavy atom. The van der Waals surface area contributed by atoms with Crippen LogP contribution < -0.4 is 28.6 Å². The number of carbonyl (C=O) groups excluding carboxylic acids is 2. The fourth-order valence-electron chi connectivity index (χ4n) is 7.90. The number of hydrogen-bond acceptors (Lipinski definition) is 10. The minimum Gasteiger partial charge on any atom is -0.508 e. The van der Waals surface area contributed by atoms with Gasteiger partial charge in [0.15, 0.2) is 11.6 Å². The van der Waals surface area contributed by atoms with Crippen molar-refractivity contribution in [3.05, 3.63) is 59.2 Å². The number of ether oxygens (including phenoxy) is 1. The van der Waals surface area contributed by atoms with Gasteiger partial charge in [0.2, 0.25) is 11.8 Å². The van der Waals surface area contributed by atoms with Crippen LogP contribution >= 0.6 is 74.5 Å². The number of nitrogens with one attached hydrogen (secondary N) is 2. The molecule has 4 aliphatic rings. The maximum absolute atomic E-state index is 11.4. The molecular weight excluding hydrogens is 1340 g/mol. The minimum absolute atomic E-state index is 0. The van der Waals surface area contributed by atoms with Crippen LogP contribution in [-0.2, 0) is 35.3 Å². The number of aromatic nitrogens is 8. The van der Waals surface area contributed by atoms with Crippen molar-refractivity contribution in [3.8, 4) is 11.5 Å². The molecule has 2 saturated carbocycles. The molecule has 4 aromatic rings. The third-order valence-corrected chi connectivity index (χ3v) is 11.0. The molecule has 2 aliphatic heterocycles. The number of hydrogen-bond donors (Lipinski definition) is 3. The Kier molecular flexibility index (Phi) is 28.0. The van der Waals surface area contributed by atoms with Crippen molar-refractivity contribution < 1.29 is 32.7 Å². The quantitative estimate of drug-likeness (QED) is 0.0707. The van der Waals surface area contributed by atoms with Gasteiger partial charge in [0.05, 0.1) is 18.7 Å². The van der Waals surface area contributed by atoms with Crippen LogP contribution in [0.2, 0.25) is 0 Å². The van der Waals surface area contributed by atoms with Crippen molar-refractivity contribution in [2.45, 2.75) is 161 Å². The molecule has 2 fully saturated rings. The summed E-state index contributed by atoms with van der Waals surface area (Å²) in [5, 5.41) is 39.3. The predicted molar refractivity (Wildman–Crippen MR) is 273 cm³/mol. The average Bonchev–Trinajstić information content (AvgIpc) is 3.96. The van der Waals surface area contributed by atoms with Crippen molar-refractivity contribution in [1.29, 1.82) is 0 Å². The Labute approximate surface area is 415 Å². The van der Waals surface area contributed by atoms with Gasteiger partial charge in [-0.1, -0.05) is 65.7 Å².